The van der Waals surface area contributed by atoms with Gasteiger partial charge < -0.3 is 16.4 Å². The molecule has 1 aliphatic carbocycles. The van der Waals surface area contributed by atoms with E-state index in [0.29, 0.717) is 28.6 Å². The summed E-state index contributed by atoms with van der Waals surface area (Å²) in [6.07, 6.45) is 4.33. The fourth-order valence-electron chi connectivity index (χ4n) is 3.28. The first-order valence-electron chi connectivity index (χ1n) is 8.60. The van der Waals surface area contributed by atoms with Crippen LogP contribution in [0, 0.1) is 11.8 Å². The lowest BCUT2D eigenvalue weighted by Gasteiger charge is -2.17. The average Bonchev–Trinajstić information content (AvgIpc) is 3.13. The van der Waals surface area contributed by atoms with E-state index in [9.17, 15) is 9.59 Å². The average molecular weight is 373 g/mol. The zero-order valence-corrected chi connectivity index (χ0v) is 15.0. The van der Waals surface area contributed by atoms with Gasteiger partial charge >= 0.3 is 0 Å². The Hall–Kier alpha value is -2.44. The lowest BCUT2D eigenvalue weighted by Crippen LogP contribution is -2.29. The summed E-state index contributed by atoms with van der Waals surface area (Å²) in [7, 11) is 0. The first-order chi connectivity index (χ1) is 12.6. The minimum atomic E-state index is -0.309. The number of anilines is 2. The van der Waals surface area contributed by atoms with E-state index >= 15 is 0 Å². The number of nitrogens with two attached hydrogens (primary N) is 1. The topological polar surface area (TPSA) is 97.1 Å². The number of hydrogen-bond donors (Lipinski definition) is 3. The number of benzene rings is 1. The van der Waals surface area contributed by atoms with E-state index in [0.717, 1.165) is 19.3 Å². The molecule has 26 heavy (non-hydrogen) atoms. The molecule has 1 aromatic heterocycles. The number of carbonyl (C=O) groups excluding carboxylic acids is 2. The molecule has 0 unspecified atom stereocenters. The Kier molecular flexibility index (Phi) is 5.85. The monoisotopic (exact) mass is 372 g/mol. The van der Waals surface area contributed by atoms with Gasteiger partial charge in [0.2, 0.25) is 5.91 Å². The van der Waals surface area contributed by atoms with Crippen LogP contribution < -0.4 is 16.4 Å². The molecule has 1 aliphatic rings. The lowest BCUT2D eigenvalue weighted by atomic mass is 9.95. The molecule has 0 aliphatic heterocycles. The summed E-state index contributed by atoms with van der Waals surface area (Å²) in [6, 6.07) is 10.1. The third-order valence-electron chi connectivity index (χ3n) is 4.66. The molecule has 1 saturated carbocycles. The Labute approximate surface area is 157 Å². The van der Waals surface area contributed by atoms with Crippen LogP contribution in [0.15, 0.2) is 42.6 Å². The number of amides is 2. The van der Waals surface area contributed by atoms with E-state index in [-0.39, 0.29) is 23.7 Å². The number of aromatic nitrogens is 1. The van der Waals surface area contributed by atoms with Crippen LogP contribution in [0.1, 0.15) is 29.6 Å². The number of carbonyl (C=O) groups is 2. The van der Waals surface area contributed by atoms with Gasteiger partial charge in [0.25, 0.3) is 5.91 Å². The Morgan fingerprint density at radius 3 is 2.77 bits per heavy atom. The number of halogens is 1. The van der Waals surface area contributed by atoms with Crippen molar-refractivity contribution in [3.8, 4) is 0 Å². The Morgan fingerprint density at radius 1 is 1.19 bits per heavy atom. The number of hydrogen-bond acceptors (Lipinski definition) is 4. The highest BCUT2D eigenvalue weighted by atomic mass is 35.5. The fraction of sp³-hybridized carbons (Fsp3) is 0.316. The molecule has 0 saturated heterocycles. The van der Waals surface area contributed by atoms with Gasteiger partial charge in [-0.2, -0.15) is 0 Å². The molecule has 0 bridgehead atoms. The van der Waals surface area contributed by atoms with Crippen molar-refractivity contribution in [2.24, 2.45) is 17.6 Å². The molecule has 0 spiro atoms. The van der Waals surface area contributed by atoms with Crippen LogP contribution in [0.4, 0.5) is 11.5 Å². The normalized spacial score (nSPS) is 19.2. The molecule has 1 fully saturated rings. The van der Waals surface area contributed by atoms with Crippen LogP contribution >= 0.6 is 11.6 Å². The van der Waals surface area contributed by atoms with Crippen molar-refractivity contribution in [3.63, 3.8) is 0 Å². The molecule has 6 nitrogen and oxygen atoms in total. The highest BCUT2D eigenvalue weighted by Gasteiger charge is 2.31. The standard InChI is InChI=1S/C19H21ClN4O2/c20-14-7-8-17(22-11-14)24-18(25)12-3-1-5-15(9-12)23-19(26)16-6-2-4-13(16)10-21/h1,3,5,7-9,11,13,16H,2,4,6,10,21H2,(H,23,26)(H,22,24,25)/t13-,16-/m1/s1. The number of nitrogens with one attached hydrogen (secondary N) is 2. The van der Waals surface area contributed by atoms with Crippen LogP contribution in [0.2, 0.25) is 5.02 Å². The smallest absolute Gasteiger partial charge is 0.256 e. The fourth-order valence-corrected chi connectivity index (χ4v) is 3.39. The van der Waals surface area contributed by atoms with Crippen molar-refractivity contribution in [3.05, 3.63) is 53.2 Å². The van der Waals surface area contributed by atoms with Gasteiger partial charge in [-0.1, -0.05) is 24.1 Å². The van der Waals surface area contributed by atoms with Crippen molar-refractivity contribution >= 4 is 34.9 Å². The summed E-state index contributed by atoms with van der Waals surface area (Å²) in [5, 5.41) is 6.10. The summed E-state index contributed by atoms with van der Waals surface area (Å²) < 4.78 is 0. The molecule has 1 aromatic carbocycles. The number of rotatable bonds is 5. The van der Waals surface area contributed by atoms with Gasteiger partial charge in [-0.15, -0.1) is 0 Å². The van der Waals surface area contributed by atoms with Gasteiger partial charge in [-0.3, -0.25) is 9.59 Å². The van der Waals surface area contributed by atoms with Crippen molar-refractivity contribution in [2.75, 3.05) is 17.2 Å². The molecule has 0 radical (unpaired) electrons. The second kappa shape index (κ2) is 8.29. The van der Waals surface area contributed by atoms with Crippen LogP contribution in [0.3, 0.4) is 0 Å². The second-order valence-electron chi connectivity index (χ2n) is 6.42. The first-order valence-corrected chi connectivity index (χ1v) is 8.98. The quantitative estimate of drug-likeness (QED) is 0.750. The number of nitrogens with zero attached hydrogens (tertiary/aromatic N) is 1. The van der Waals surface area contributed by atoms with Gasteiger partial charge in [-0.05, 0) is 55.6 Å². The SMILES string of the molecule is NC[C@H]1CCC[C@H]1C(=O)Nc1cccc(C(=O)Nc2ccc(Cl)cn2)c1. The van der Waals surface area contributed by atoms with E-state index in [2.05, 4.69) is 15.6 Å². The summed E-state index contributed by atoms with van der Waals surface area (Å²) in [4.78, 5) is 28.9. The molecule has 1 heterocycles. The maximum Gasteiger partial charge on any atom is 0.256 e. The predicted octanol–water partition coefficient (Wildman–Crippen LogP) is 3.30. The third-order valence-corrected chi connectivity index (χ3v) is 4.88. The van der Waals surface area contributed by atoms with Crippen LogP contribution in [-0.2, 0) is 4.79 Å². The molecular formula is C19H21ClN4O2. The summed E-state index contributed by atoms with van der Waals surface area (Å²) in [5.74, 6) is 0.241. The minimum absolute atomic E-state index is 0.0325. The lowest BCUT2D eigenvalue weighted by molar-refractivity contribution is -0.120. The maximum absolute atomic E-state index is 12.5. The van der Waals surface area contributed by atoms with E-state index in [4.69, 9.17) is 17.3 Å². The minimum Gasteiger partial charge on any atom is -0.330 e. The van der Waals surface area contributed by atoms with Crippen molar-refractivity contribution in [1.82, 2.24) is 4.98 Å². The van der Waals surface area contributed by atoms with Gasteiger partial charge in [0.15, 0.2) is 0 Å². The molecule has 4 N–H and O–H groups in total. The predicted molar refractivity (Wildman–Crippen MR) is 102 cm³/mol. The van der Waals surface area contributed by atoms with Crippen LogP contribution in [0.25, 0.3) is 0 Å². The van der Waals surface area contributed by atoms with Crippen molar-refractivity contribution < 1.29 is 9.59 Å². The van der Waals surface area contributed by atoms with Gasteiger partial charge in [0.1, 0.15) is 5.82 Å². The van der Waals surface area contributed by atoms with E-state index in [1.165, 1.54) is 6.20 Å². The van der Waals surface area contributed by atoms with Gasteiger partial charge in [0, 0.05) is 23.4 Å². The van der Waals surface area contributed by atoms with E-state index in [1.807, 2.05) is 0 Å². The molecule has 3 rings (SSSR count). The molecule has 2 atom stereocenters. The van der Waals surface area contributed by atoms with Crippen LogP contribution in [-0.4, -0.2) is 23.3 Å². The summed E-state index contributed by atoms with van der Waals surface area (Å²) >= 11 is 5.79. The summed E-state index contributed by atoms with van der Waals surface area (Å²) in [5.41, 5.74) is 6.78. The second-order valence-corrected chi connectivity index (χ2v) is 6.86. The third kappa shape index (κ3) is 4.39. The molecule has 7 heteroatoms. The largest absolute Gasteiger partial charge is 0.330 e. The Bertz CT molecular complexity index is 794. The van der Waals surface area contributed by atoms with Crippen LogP contribution in [0.5, 0.6) is 0 Å². The van der Waals surface area contributed by atoms with Gasteiger partial charge in [-0.25, -0.2) is 4.98 Å². The maximum atomic E-state index is 12.5. The molecule has 2 aromatic rings. The van der Waals surface area contributed by atoms with E-state index < -0.39 is 0 Å². The Morgan fingerprint density at radius 2 is 2.04 bits per heavy atom. The van der Waals surface area contributed by atoms with Crippen molar-refractivity contribution in [2.45, 2.75) is 19.3 Å². The molecule has 136 valence electrons. The highest BCUT2D eigenvalue weighted by molar-refractivity contribution is 6.30. The molecular weight excluding hydrogens is 352 g/mol. The van der Waals surface area contributed by atoms with Gasteiger partial charge in [0.05, 0.1) is 5.02 Å². The Balaban J connectivity index is 1.66. The first kappa shape index (κ1) is 18.4. The highest BCUT2D eigenvalue weighted by Crippen LogP contribution is 2.31. The summed E-state index contributed by atoms with van der Waals surface area (Å²) in [6.45, 7) is 0.522. The zero-order chi connectivity index (χ0) is 18.5. The number of pyridine rings is 1. The van der Waals surface area contributed by atoms with E-state index in [1.54, 1.807) is 36.4 Å². The van der Waals surface area contributed by atoms with Crippen molar-refractivity contribution in [1.29, 1.82) is 0 Å². The zero-order valence-electron chi connectivity index (χ0n) is 14.2. The molecule has 2 amide bonds.